The van der Waals surface area contributed by atoms with Crippen molar-refractivity contribution in [3.8, 4) is 0 Å². The van der Waals surface area contributed by atoms with Gasteiger partial charge in [0, 0.05) is 12.2 Å². The van der Waals surface area contributed by atoms with Crippen molar-refractivity contribution in [2.24, 2.45) is 5.73 Å². The molecule has 1 atom stereocenters. The fourth-order valence-corrected chi connectivity index (χ4v) is 2.34. The molecule has 0 saturated heterocycles. The highest BCUT2D eigenvalue weighted by Gasteiger charge is 2.23. The lowest BCUT2D eigenvalue weighted by Gasteiger charge is -2.31. The number of nitrogens with two attached hydrogens (primary N) is 1. The first-order chi connectivity index (χ1) is 9.50. The highest BCUT2D eigenvalue weighted by Crippen LogP contribution is 2.20. The smallest absolute Gasteiger partial charge is 0.123 e. The zero-order valence-corrected chi connectivity index (χ0v) is 12.0. The summed E-state index contributed by atoms with van der Waals surface area (Å²) in [6, 6.07) is 14.8. The van der Waals surface area contributed by atoms with E-state index in [9.17, 15) is 4.39 Å². The molecular weight excluding hydrogens is 251 g/mol. The van der Waals surface area contributed by atoms with Gasteiger partial charge in [-0.25, -0.2) is 4.39 Å². The molecule has 0 amide bonds. The van der Waals surface area contributed by atoms with Crippen LogP contribution < -0.4 is 11.1 Å². The second kappa shape index (κ2) is 6.06. The van der Waals surface area contributed by atoms with Gasteiger partial charge in [-0.05, 0) is 55.7 Å². The van der Waals surface area contributed by atoms with Crippen LogP contribution in [0.4, 0.5) is 10.1 Å². The zero-order valence-electron chi connectivity index (χ0n) is 12.0. The summed E-state index contributed by atoms with van der Waals surface area (Å²) in [5, 5.41) is 3.47. The molecule has 0 aliphatic heterocycles. The van der Waals surface area contributed by atoms with Crippen molar-refractivity contribution in [3.05, 3.63) is 65.5 Å². The summed E-state index contributed by atoms with van der Waals surface area (Å²) in [6.45, 7) is 4.58. The van der Waals surface area contributed by atoms with Crippen LogP contribution in [0.15, 0.2) is 48.5 Å². The maximum Gasteiger partial charge on any atom is 0.123 e. The summed E-state index contributed by atoms with van der Waals surface area (Å²) < 4.78 is 13.3. The quantitative estimate of drug-likeness (QED) is 0.874. The van der Waals surface area contributed by atoms with Crippen LogP contribution in [-0.2, 0) is 6.42 Å². The molecule has 2 nitrogen and oxygen atoms in total. The van der Waals surface area contributed by atoms with E-state index in [1.807, 2.05) is 18.2 Å². The number of hydrogen-bond acceptors (Lipinski definition) is 2. The third kappa shape index (κ3) is 3.81. The SMILES string of the molecule is Cc1cccc(NC(C)(CN)Cc2cccc(F)c2)c1. The average Bonchev–Trinajstić information content (AvgIpc) is 2.38. The van der Waals surface area contributed by atoms with E-state index in [1.165, 1.54) is 11.6 Å². The van der Waals surface area contributed by atoms with Crippen LogP contribution in [0.25, 0.3) is 0 Å². The summed E-state index contributed by atoms with van der Waals surface area (Å²) in [6.07, 6.45) is 0.676. The Morgan fingerprint density at radius 1 is 1.15 bits per heavy atom. The van der Waals surface area contributed by atoms with Gasteiger partial charge in [0.2, 0.25) is 0 Å². The maximum atomic E-state index is 13.3. The molecule has 1 unspecified atom stereocenters. The minimum absolute atomic E-state index is 0.211. The fourth-order valence-electron chi connectivity index (χ4n) is 2.34. The van der Waals surface area contributed by atoms with Crippen molar-refractivity contribution in [2.75, 3.05) is 11.9 Å². The van der Waals surface area contributed by atoms with Crippen molar-refractivity contribution in [2.45, 2.75) is 25.8 Å². The van der Waals surface area contributed by atoms with Crippen molar-refractivity contribution in [3.63, 3.8) is 0 Å². The van der Waals surface area contributed by atoms with Gasteiger partial charge < -0.3 is 11.1 Å². The number of aryl methyl sites for hydroxylation is 1. The van der Waals surface area contributed by atoms with Crippen LogP contribution in [0.1, 0.15) is 18.1 Å². The highest BCUT2D eigenvalue weighted by atomic mass is 19.1. The molecule has 106 valence electrons. The Labute approximate surface area is 119 Å². The Bertz CT molecular complexity index is 533. The summed E-state index contributed by atoms with van der Waals surface area (Å²) in [5.74, 6) is -0.211. The number of rotatable bonds is 5. The van der Waals surface area contributed by atoms with Gasteiger partial charge in [-0.3, -0.25) is 0 Å². The Morgan fingerprint density at radius 3 is 2.55 bits per heavy atom. The normalized spacial score (nSPS) is 13.8. The molecule has 20 heavy (non-hydrogen) atoms. The molecule has 0 radical (unpaired) electrons. The second-order valence-electron chi connectivity index (χ2n) is 5.57. The van der Waals surface area contributed by atoms with Crippen LogP contribution in [0.3, 0.4) is 0 Å². The minimum atomic E-state index is -0.304. The summed E-state index contributed by atoms with van der Waals surface area (Å²) >= 11 is 0. The van der Waals surface area contributed by atoms with Crippen molar-refractivity contribution >= 4 is 5.69 Å². The zero-order chi connectivity index (χ0) is 14.6. The van der Waals surface area contributed by atoms with Gasteiger partial charge in [-0.15, -0.1) is 0 Å². The number of benzene rings is 2. The van der Waals surface area contributed by atoms with Gasteiger partial charge in [-0.1, -0.05) is 24.3 Å². The number of anilines is 1. The van der Waals surface area contributed by atoms with Crippen LogP contribution in [0.2, 0.25) is 0 Å². The number of hydrogen-bond donors (Lipinski definition) is 2. The lowest BCUT2D eigenvalue weighted by Crippen LogP contribution is -2.44. The predicted octanol–water partition coefficient (Wildman–Crippen LogP) is 3.51. The Hall–Kier alpha value is -1.87. The molecule has 0 aromatic heterocycles. The van der Waals surface area contributed by atoms with Gasteiger partial charge in [0.1, 0.15) is 5.82 Å². The highest BCUT2D eigenvalue weighted by molar-refractivity contribution is 5.48. The topological polar surface area (TPSA) is 38.0 Å². The van der Waals surface area contributed by atoms with Crippen molar-refractivity contribution in [1.82, 2.24) is 0 Å². The first kappa shape index (κ1) is 14.5. The lowest BCUT2D eigenvalue weighted by molar-refractivity contribution is 0.518. The Balaban J connectivity index is 2.16. The second-order valence-corrected chi connectivity index (χ2v) is 5.57. The first-order valence-electron chi connectivity index (χ1n) is 6.80. The van der Waals surface area contributed by atoms with Crippen LogP contribution >= 0.6 is 0 Å². The molecule has 0 spiro atoms. The standard InChI is InChI=1S/C17H21FN2/c1-13-5-3-8-16(9-13)20-17(2,12-19)11-14-6-4-7-15(18)10-14/h3-10,20H,11-12,19H2,1-2H3. The van der Waals surface area contributed by atoms with Crippen molar-refractivity contribution in [1.29, 1.82) is 0 Å². The molecule has 3 heteroatoms. The molecule has 2 rings (SSSR count). The molecule has 2 aromatic rings. The number of nitrogens with one attached hydrogen (secondary N) is 1. The van der Waals surface area contributed by atoms with E-state index in [1.54, 1.807) is 12.1 Å². The van der Waals surface area contributed by atoms with Gasteiger partial charge in [0.05, 0.1) is 5.54 Å². The van der Waals surface area contributed by atoms with Crippen molar-refractivity contribution < 1.29 is 4.39 Å². The van der Waals surface area contributed by atoms with Crippen LogP contribution in [0, 0.1) is 12.7 Å². The lowest BCUT2D eigenvalue weighted by atomic mass is 9.92. The summed E-state index contributed by atoms with van der Waals surface area (Å²) in [7, 11) is 0. The van der Waals surface area contributed by atoms with E-state index in [0.717, 1.165) is 11.3 Å². The third-order valence-electron chi connectivity index (χ3n) is 3.40. The first-order valence-corrected chi connectivity index (χ1v) is 6.80. The van der Waals surface area contributed by atoms with E-state index in [4.69, 9.17) is 5.73 Å². The fraction of sp³-hybridized carbons (Fsp3) is 0.294. The van der Waals surface area contributed by atoms with E-state index in [2.05, 4.69) is 31.3 Å². The number of halogens is 1. The maximum absolute atomic E-state index is 13.3. The van der Waals surface area contributed by atoms with Gasteiger partial charge >= 0.3 is 0 Å². The molecule has 3 N–H and O–H groups in total. The van der Waals surface area contributed by atoms with E-state index >= 15 is 0 Å². The van der Waals surface area contributed by atoms with E-state index in [0.29, 0.717) is 13.0 Å². The Kier molecular flexibility index (Phi) is 4.40. The van der Waals surface area contributed by atoms with Crippen LogP contribution in [0.5, 0.6) is 0 Å². The van der Waals surface area contributed by atoms with E-state index < -0.39 is 0 Å². The molecular formula is C17H21FN2. The molecule has 0 bridgehead atoms. The molecule has 0 aliphatic rings. The van der Waals surface area contributed by atoms with Gasteiger partial charge in [0.25, 0.3) is 0 Å². The largest absolute Gasteiger partial charge is 0.378 e. The third-order valence-corrected chi connectivity index (χ3v) is 3.40. The predicted molar refractivity (Wildman–Crippen MR) is 82.4 cm³/mol. The summed E-state index contributed by atoms with van der Waals surface area (Å²) in [5.41, 5.74) is 8.79. The van der Waals surface area contributed by atoms with Gasteiger partial charge in [0.15, 0.2) is 0 Å². The monoisotopic (exact) mass is 272 g/mol. The average molecular weight is 272 g/mol. The molecule has 0 aliphatic carbocycles. The Morgan fingerprint density at radius 2 is 1.90 bits per heavy atom. The molecule has 0 heterocycles. The molecule has 2 aromatic carbocycles. The minimum Gasteiger partial charge on any atom is -0.378 e. The van der Waals surface area contributed by atoms with E-state index in [-0.39, 0.29) is 11.4 Å². The molecule has 0 fully saturated rings. The van der Waals surface area contributed by atoms with Gasteiger partial charge in [-0.2, -0.15) is 0 Å². The molecule has 0 saturated carbocycles. The summed E-state index contributed by atoms with van der Waals surface area (Å²) in [4.78, 5) is 0. The van der Waals surface area contributed by atoms with Crippen LogP contribution in [-0.4, -0.2) is 12.1 Å².